The largest absolute Gasteiger partial charge is 0.338 e. The summed E-state index contributed by atoms with van der Waals surface area (Å²) < 4.78 is 1.83. The Morgan fingerprint density at radius 2 is 2.21 bits per heavy atom. The second-order valence-electron chi connectivity index (χ2n) is 8.29. The first kappa shape index (κ1) is 19.8. The number of H-pyrrole nitrogens is 1. The number of amides is 1. The van der Waals surface area contributed by atoms with Gasteiger partial charge in [-0.15, -0.1) is 0 Å². The molecule has 0 aliphatic carbocycles. The third-order valence-corrected chi connectivity index (χ3v) is 5.96. The molecule has 0 spiro atoms. The van der Waals surface area contributed by atoms with Crippen LogP contribution in [0.2, 0.25) is 0 Å². The number of likely N-dealkylation sites (tertiary alicyclic amines) is 1. The lowest BCUT2D eigenvalue weighted by Crippen LogP contribution is -2.40. The number of rotatable bonds is 5. The standard InChI is InChI=1S/C21H30N6O2/c1-3-5-19(28)27-9-7-18-17(14-27)21(29)24-20(23-18)16-6-4-8-26(13-16)12-15-10-22-25(2)11-15/h10-11,16H,3-9,12-14H2,1-2H3,(H,23,24,29). The Morgan fingerprint density at radius 1 is 1.34 bits per heavy atom. The maximum atomic E-state index is 12.8. The number of aryl methyl sites for hydroxylation is 1. The summed E-state index contributed by atoms with van der Waals surface area (Å²) >= 11 is 0. The normalized spacial score (nSPS) is 19.9. The Bertz CT molecular complexity index is 933. The number of hydrogen-bond donors (Lipinski definition) is 1. The predicted molar refractivity (Wildman–Crippen MR) is 109 cm³/mol. The molecular weight excluding hydrogens is 368 g/mol. The summed E-state index contributed by atoms with van der Waals surface area (Å²) in [6, 6.07) is 0. The van der Waals surface area contributed by atoms with Crippen LogP contribution in [0.1, 0.15) is 61.2 Å². The van der Waals surface area contributed by atoms with Crippen LogP contribution < -0.4 is 5.56 Å². The van der Waals surface area contributed by atoms with Gasteiger partial charge in [0.25, 0.3) is 5.56 Å². The summed E-state index contributed by atoms with van der Waals surface area (Å²) in [6.07, 6.45) is 8.11. The van der Waals surface area contributed by atoms with Gasteiger partial charge in [0.15, 0.2) is 0 Å². The van der Waals surface area contributed by atoms with Crippen LogP contribution in [0, 0.1) is 0 Å². The number of nitrogens with zero attached hydrogens (tertiary/aromatic N) is 5. The van der Waals surface area contributed by atoms with Gasteiger partial charge >= 0.3 is 0 Å². The fourth-order valence-corrected chi connectivity index (χ4v) is 4.46. The molecule has 1 N–H and O–H groups in total. The molecule has 2 aliphatic rings. The van der Waals surface area contributed by atoms with E-state index in [1.54, 1.807) is 4.90 Å². The van der Waals surface area contributed by atoms with Gasteiger partial charge in [0.1, 0.15) is 5.82 Å². The Labute approximate surface area is 170 Å². The van der Waals surface area contributed by atoms with Crippen molar-refractivity contribution in [2.75, 3.05) is 19.6 Å². The average Bonchev–Trinajstić information content (AvgIpc) is 3.12. The zero-order valence-corrected chi connectivity index (χ0v) is 17.4. The van der Waals surface area contributed by atoms with Crippen molar-refractivity contribution in [3.63, 3.8) is 0 Å². The van der Waals surface area contributed by atoms with E-state index in [0.29, 0.717) is 31.5 Å². The highest BCUT2D eigenvalue weighted by atomic mass is 16.2. The van der Waals surface area contributed by atoms with Gasteiger partial charge in [-0.2, -0.15) is 5.10 Å². The maximum Gasteiger partial charge on any atom is 0.256 e. The number of carbonyl (C=O) groups excluding carboxylic acids is 1. The second kappa shape index (κ2) is 8.49. The van der Waals surface area contributed by atoms with Crippen LogP contribution in [0.3, 0.4) is 0 Å². The highest BCUT2D eigenvalue weighted by Crippen LogP contribution is 2.26. The lowest BCUT2D eigenvalue weighted by molar-refractivity contribution is -0.132. The molecular formula is C21H30N6O2. The van der Waals surface area contributed by atoms with Crippen molar-refractivity contribution < 1.29 is 4.79 Å². The Morgan fingerprint density at radius 3 is 2.97 bits per heavy atom. The summed E-state index contributed by atoms with van der Waals surface area (Å²) in [5.74, 6) is 1.16. The minimum absolute atomic E-state index is 0.0802. The highest BCUT2D eigenvalue weighted by molar-refractivity contribution is 5.76. The molecule has 4 heterocycles. The Kier molecular flexibility index (Phi) is 5.80. The lowest BCUT2D eigenvalue weighted by atomic mass is 9.96. The number of piperidine rings is 1. The topological polar surface area (TPSA) is 87.1 Å². The summed E-state index contributed by atoms with van der Waals surface area (Å²) in [6.45, 7) is 5.84. The molecule has 0 radical (unpaired) electrons. The van der Waals surface area contributed by atoms with Crippen LogP contribution in [-0.4, -0.2) is 55.1 Å². The smallest absolute Gasteiger partial charge is 0.256 e. The molecule has 1 amide bonds. The highest BCUT2D eigenvalue weighted by Gasteiger charge is 2.28. The van der Waals surface area contributed by atoms with Crippen LogP contribution >= 0.6 is 0 Å². The van der Waals surface area contributed by atoms with E-state index in [1.807, 2.05) is 31.0 Å². The van der Waals surface area contributed by atoms with Gasteiger partial charge in [-0.25, -0.2) is 4.98 Å². The summed E-state index contributed by atoms with van der Waals surface area (Å²) in [7, 11) is 1.93. The molecule has 2 aromatic heterocycles. The zero-order chi connectivity index (χ0) is 20.4. The SMILES string of the molecule is CCCC(=O)N1CCc2nc(C3CCCN(Cc4cnn(C)c4)C3)[nH]c(=O)c2C1. The molecule has 0 aromatic carbocycles. The molecule has 1 atom stereocenters. The van der Waals surface area contributed by atoms with Crippen molar-refractivity contribution in [3.05, 3.63) is 45.4 Å². The molecule has 0 saturated carbocycles. The fraction of sp³-hybridized carbons (Fsp3) is 0.619. The summed E-state index contributed by atoms with van der Waals surface area (Å²) in [5.41, 5.74) is 2.65. The number of aromatic amines is 1. The van der Waals surface area contributed by atoms with E-state index in [2.05, 4.69) is 15.0 Å². The van der Waals surface area contributed by atoms with Crippen LogP contribution in [0.15, 0.2) is 17.2 Å². The minimum atomic E-state index is -0.0802. The molecule has 2 aromatic rings. The minimum Gasteiger partial charge on any atom is -0.338 e. The molecule has 4 rings (SSSR count). The van der Waals surface area contributed by atoms with Crippen LogP contribution in [-0.2, 0) is 31.4 Å². The van der Waals surface area contributed by atoms with Crippen molar-refractivity contribution in [1.82, 2.24) is 29.5 Å². The van der Waals surface area contributed by atoms with Gasteiger partial charge in [0.05, 0.1) is 24.0 Å². The molecule has 1 saturated heterocycles. The van der Waals surface area contributed by atoms with Crippen LogP contribution in [0.5, 0.6) is 0 Å². The quantitative estimate of drug-likeness (QED) is 0.826. The Balaban J connectivity index is 1.47. The number of aromatic nitrogens is 4. The van der Waals surface area contributed by atoms with Gasteiger partial charge < -0.3 is 9.88 Å². The van der Waals surface area contributed by atoms with Gasteiger partial charge in [-0.05, 0) is 25.8 Å². The van der Waals surface area contributed by atoms with Gasteiger partial charge in [-0.1, -0.05) is 6.92 Å². The molecule has 8 nitrogen and oxygen atoms in total. The molecule has 1 unspecified atom stereocenters. The van der Waals surface area contributed by atoms with E-state index in [1.165, 1.54) is 5.56 Å². The molecule has 0 bridgehead atoms. The third kappa shape index (κ3) is 4.42. The van der Waals surface area contributed by atoms with Gasteiger partial charge in [0, 0.05) is 57.2 Å². The summed E-state index contributed by atoms with van der Waals surface area (Å²) in [4.78, 5) is 37.1. The monoisotopic (exact) mass is 398 g/mol. The van der Waals surface area contributed by atoms with E-state index in [0.717, 1.165) is 50.4 Å². The lowest BCUT2D eigenvalue weighted by Gasteiger charge is -2.33. The van der Waals surface area contributed by atoms with Crippen LogP contribution in [0.4, 0.5) is 0 Å². The average molecular weight is 399 g/mol. The molecule has 2 aliphatic heterocycles. The van der Waals surface area contributed by atoms with E-state index in [9.17, 15) is 9.59 Å². The van der Waals surface area contributed by atoms with E-state index in [4.69, 9.17) is 4.98 Å². The number of carbonyl (C=O) groups is 1. The van der Waals surface area contributed by atoms with Gasteiger partial charge in [-0.3, -0.25) is 19.2 Å². The summed E-state index contributed by atoms with van der Waals surface area (Å²) in [5, 5.41) is 4.25. The molecule has 1 fully saturated rings. The first-order chi connectivity index (χ1) is 14.0. The van der Waals surface area contributed by atoms with Crippen molar-refractivity contribution >= 4 is 5.91 Å². The first-order valence-electron chi connectivity index (χ1n) is 10.6. The maximum absolute atomic E-state index is 12.8. The predicted octanol–water partition coefficient (Wildman–Crippen LogP) is 1.57. The van der Waals surface area contributed by atoms with Crippen molar-refractivity contribution in [1.29, 1.82) is 0 Å². The van der Waals surface area contributed by atoms with E-state index in [-0.39, 0.29) is 17.4 Å². The van der Waals surface area contributed by atoms with E-state index < -0.39 is 0 Å². The molecule has 156 valence electrons. The number of fused-ring (bicyclic) bond motifs is 1. The van der Waals surface area contributed by atoms with Crippen LogP contribution in [0.25, 0.3) is 0 Å². The van der Waals surface area contributed by atoms with E-state index >= 15 is 0 Å². The molecule has 8 heteroatoms. The zero-order valence-electron chi connectivity index (χ0n) is 17.4. The third-order valence-electron chi connectivity index (χ3n) is 5.96. The first-order valence-corrected chi connectivity index (χ1v) is 10.6. The number of hydrogen-bond acceptors (Lipinski definition) is 5. The van der Waals surface area contributed by atoms with Gasteiger partial charge in [0.2, 0.25) is 5.91 Å². The fourth-order valence-electron chi connectivity index (χ4n) is 4.46. The second-order valence-corrected chi connectivity index (χ2v) is 8.29. The Hall–Kier alpha value is -2.48. The van der Waals surface area contributed by atoms with Crippen molar-refractivity contribution in [2.45, 2.75) is 58.0 Å². The number of nitrogens with one attached hydrogen (secondary N) is 1. The van der Waals surface area contributed by atoms with Crippen molar-refractivity contribution in [3.8, 4) is 0 Å². The molecule has 29 heavy (non-hydrogen) atoms. The van der Waals surface area contributed by atoms with Crippen molar-refractivity contribution in [2.24, 2.45) is 7.05 Å².